The number of rotatable bonds is 2. The first kappa shape index (κ1) is 16.3. The zero-order chi connectivity index (χ0) is 17.9. The summed E-state index contributed by atoms with van der Waals surface area (Å²) in [6.45, 7) is 2.28. The Bertz CT molecular complexity index is 933. The van der Waals surface area contributed by atoms with Gasteiger partial charge in [0.2, 0.25) is 0 Å². The van der Waals surface area contributed by atoms with E-state index in [0.29, 0.717) is 37.6 Å². The van der Waals surface area contributed by atoms with Crippen LogP contribution in [0.15, 0.2) is 60.8 Å². The maximum absolute atomic E-state index is 13.9. The Labute approximate surface area is 151 Å². The van der Waals surface area contributed by atoms with Crippen molar-refractivity contribution in [3.8, 4) is 0 Å². The SMILES string of the molecule is O=C(Nc1cccc2cccnc12)N1CCN(c2ccccc2F)CC1. The topological polar surface area (TPSA) is 48.5 Å². The van der Waals surface area contributed by atoms with E-state index in [1.54, 1.807) is 23.2 Å². The van der Waals surface area contributed by atoms with E-state index in [9.17, 15) is 9.18 Å². The number of nitrogens with one attached hydrogen (secondary N) is 1. The van der Waals surface area contributed by atoms with Crippen LogP contribution >= 0.6 is 0 Å². The molecule has 1 saturated heterocycles. The van der Waals surface area contributed by atoms with Gasteiger partial charge in [-0.15, -0.1) is 0 Å². The third-order valence-electron chi connectivity index (χ3n) is 4.63. The average molecular weight is 350 g/mol. The molecular weight excluding hydrogens is 331 g/mol. The molecule has 1 fully saturated rings. The molecule has 1 aliphatic rings. The molecule has 0 unspecified atom stereocenters. The number of hydrogen-bond acceptors (Lipinski definition) is 3. The van der Waals surface area contributed by atoms with E-state index in [2.05, 4.69) is 10.3 Å². The highest BCUT2D eigenvalue weighted by molar-refractivity contribution is 5.99. The average Bonchev–Trinajstić information content (AvgIpc) is 2.69. The number of para-hydroxylation sites is 2. The monoisotopic (exact) mass is 350 g/mol. The van der Waals surface area contributed by atoms with E-state index in [1.807, 2.05) is 41.3 Å². The van der Waals surface area contributed by atoms with Gasteiger partial charge in [0.25, 0.3) is 0 Å². The van der Waals surface area contributed by atoms with Crippen molar-refractivity contribution in [2.75, 3.05) is 36.4 Å². The number of hydrogen-bond donors (Lipinski definition) is 1. The summed E-state index contributed by atoms with van der Waals surface area (Å²) < 4.78 is 13.9. The summed E-state index contributed by atoms with van der Waals surface area (Å²) in [4.78, 5) is 20.7. The van der Waals surface area contributed by atoms with Crippen molar-refractivity contribution in [3.63, 3.8) is 0 Å². The molecule has 0 radical (unpaired) electrons. The molecule has 0 aliphatic carbocycles. The van der Waals surface area contributed by atoms with Crippen molar-refractivity contribution in [2.24, 2.45) is 0 Å². The van der Waals surface area contributed by atoms with Crippen LogP contribution in [0.4, 0.5) is 20.6 Å². The molecule has 0 spiro atoms. The minimum Gasteiger partial charge on any atom is -0.366 e. The number of amides is 2. The molecule has 1 N–H and O–H groups in total. The lowest BCUT2D eigenvalue weighted by molar-refractivity contribution is 0.208. The minimum atomic E-state index is -0.229. The predicted octanol–water partition coefficient (Wildman–Crippen LogP) is 3.73. The highest BCUT2D eigenvalue weighted by Gasteiger charge is 2.23. The summed E-state index contributed by atoms with van der Waals surface area (Å²) in [5.74, 6) is -0.229. The van der Waals surface area contributed by atoms with Gasteiger partial charge in [-0.3, -0.25) is 4.98 Å². The van der Waals surface area contributed by atoms with Crippen LogP contribution in [0.5, 0.6) is 0 Å². The maximum atomic E-state index is 13.9. The predicted molar refractivity (Wildman–Crippen MR) is 101 cm³/mol. The molecular formula is C20H19FN4O. The van der Waals surface area contributed by atoms with Crippen LogP contribution in [-0.4, -0.2) is 42.1 Å². The second kappa shape index (κ2) is 7.00. The highest BCUT2D eigenvalue weighted by Crippen LogP contribution is 2.22. The molecule has 2 aromatic carbocycles. The van der Waals surface area contributed by atoms with Crippen LogP contribution in [0, 0.1) is 5.82 Å². The van der Waals surface area contributed by atoms with Gasteiger partial charge in [-0.1, -0.05) is 30.3 Å². The molecule has 0 bridgehead atoms. The zero-order valence-electron chi connectivity index (χ0n) is 14.2. The Morgan fingerprint density at radius 1 is 0.962 bits per heavy atom. The molecule has 5 nitrogen and oxygen atoms in total. The first-order valence-electron chi connectivity index (χ1n) is 8.61. The van der Waals surface area contributed by atoms with Crippen LogP contribution < -0.4 is 10.2 Å². The fraction of sp³-hybridized carbons (Fsp3) is 0.200. The molecule has 3 aromatic rings. The quantitative estimate of drug-likeness (QED) is 0.766. The van der Waals surface area contributed by atoms with E-state index in [4.69, 9.17) is 0 Å². The van der Waals surface area contributed by atoms with E-state index in [-0.39, 0.29) is 11.8 Å². The first-order chi connectivity index (χ1) is 12.7. The number of anilines is 2. The number of pyridine rings is 1. The van der Waals surface area contributed by atoms with Crippen LogP contribution in [0.25, 0.3) is 10.9 Å². The van der Waals surface area contributed by atoms with Crippen molar-refractivity contribution >= 4 is 28.3 Å². The fourth-order valence-electron chi connectivity index (χ4n) is 3.26. The van der Waals surface area contributed by atoms with Gasteiger partial charge in [0, 0.05) is 37.8 Å². The summed E-state index contributed by atoms with van der Waals surface area (Å²) in [5.41, 5.74) is 2.06. The Morgan fingerprint density at radius 3 is 2.54 bits per heavy atom. The number of aromatic nitrogens is 1. The van der Waals surface area contributed by atoms with Crippen molar-refractivity contribution in [2.45, 2.75) is 0 Å². The van der Waals surface area contributed by atoms with Crippen molar-refractivity contribution in [1.29, 1.82) is 0 Å². The molecule has 2 amide bonds. The Morgan fingerprint density at radius 2 is 1.73 bits per heavy atom. The minimum absolute atomic E-state index is 0.156. The third-order valence-corrected chi connectivity index (χ3v) is 4.63. The molecule has 0 atom stereocenters. The Balaban J connectivity index is 1.43. The number of carbonyl (C=O) groups excluding carboxylic acids is 1. The lowest BCUT2D eigenvalue weighted by atomic mass is 10.2. The summed E-state index contributed by atoms with van der Waals surface area (Å²) in [6, 6.07) is 16.1. The molecule has 132 valence electrons. The summed E-state index contributed by atoms with van der Waals surface area (Å²) in [6.07, 6.45) is 1.71. The van der Waals surface area contributed by atoms with Gasteiger partial charge in [-0.05, 0) is 24.3 Å². The molecule has 26 heavy (non-hydrogen) atoms. The van der Waals surface area contributed by atoms with Crippen LogP contribution in [-0.2, 0) is 0 Å². The molecule has 0 saturated carbocycles. The van der Waals surface area contributed by atoms with Gasteiger partial charge in [0.05, 0.1) is 16.9 Å². The molecule has 1 aromatic heterocycles. The Hall–Kier alpha value is -3.15. The number of nitrogens with zero attached hydrogens (tertiary/aromatic N) is 3. The second-order valence-electron chi connectivity index (χ2n) is 6.24. The number of piperazine rings is 1. The van der Waals surface area contributed by atoms with Gasteiger partial charge in [-0.25, -0.2) is 9.18 Å². The molecule has 6 heteroatoms. The number of urea groups is 1. The normalized spacial score (nSPS) is 14.5. The van der Waals surface area contributed by atoms with Crippen LogP contribution in [0.2, 0.25) is 0 Å². The number of carbonyl (C=O) groups is 1. The van der Waals surface area contributed by atoms with Gasteiger partial charge in [-0.2, -0.15) is 0 Å². The smallest absolute Gasteiger partial charge is 0.322 e. The largest absolute Gasteiger partial charge is 0.366 e. The van der Waals surface area contributed by atoms with Crippen molar-refractivity contribution < 1.29 is 9.18 Å². The van der Waals surface area contributed by atoms with Crippen molar-refractivity contribution in [1.82, 2.24) is 9.88 Å². The van der Waals surface area contributed by atoms with Gasteiger partial charge in [0.1, 0.15) is 5.82 Å². The fourth-order valence-corrected chi connectivity index (χ4v) is 3.26. The van der Waals surface area contributed by atoms with Crippen LogP contribution in [0.1, 0.15) is 0 Å². The van der Waals surface area contributed by atoms with Gasteiger partial charge in [0.15, 0.2) is 0 Å². The van der Waals surface area contributed by atoms with Crippen LogP contribution in [0.3, 0.4) is 0 Å². The van der Waals surface area contributed by atoms with Gasteiger partial charge >= 0.3 is 6.03 Å². The maximum Gasteiger partial charge on any atom is 0.322 e. The highest BCUT2D eigenvalue weighted by atomic mass is 19.1. The van der Waals surface area contributed by atoms with Crippen molar-refractivity contribution in [3.05, 3.63) is 66.6 Å². The summed E-state index contributed by atoms with van der Waals surface area (Å²) in [5, 5.41) is 3.93. The molecule has 1 aliphatic heterocycles. The lowest BCUT2D eigenvalue weighted by Crippen LogP contribution is -2.50. The number of benzene rings is 2. The van der Waals surface area contributed by atoms with E-state index in [0.717, 1.165) is 10.9 Å². The lowest BCUT2D eigenvalue weighted by Gasteiger charge is -2.36. The first-order valence-corrected chi connectivity index (χ1v) is 8.61. The summed E-state index contributed by atoms with van der Waals surface area (Å²) >= 11 is 0. The standard InChI is InChI=1S/C20H19FN4O/c21-16-7-1-2-9-18(16)24-11-13-25(14-12-24)20(26)23-17-8-3-5-15-6-4-10-22-19(15)17/h1-10H,11-14H2,(H,23,26). The van der Waals surface area contributed by atoms with E-state index < -0.39 is 0 Å². The second-order valence-corrected chi connectivity index (χ2v) is 6.24. The van der Waals surface area contributed by atoms with E-state index >= 15 is 0 Å². The summed E-state index contributed by atoms with van der Waals surface area (Å²) in [7, 11) is 0. The third kappa shape index (κ3) is 3.18. The number of fused-ring (bicyclic) bond motifs is 1. The zero-order valence-corrected chi connectivity index (χ0v) is 14.2. The number of halogens is 1. The van der Waals surface area contributed by atoms with E-state index in [1.165, 1.54) is 6.07 Å². The molecule has 2 heterocycles. The molecule has 4 rings (SSSR count). The Kier molecular flexibility index (Phi) is 4.39. The van der Waals surface area contributed by atoms with Gasteiger partial charge < -0.3 is 15.1 Å².